The number of ether oxygens (including phenoxy) is 1. The third-order valence-electron chi connectivity index (χ3n) is 3.69. The molecule has 2 N–H and O–H groups in total. The summed E-state index contributed by atoms with van der Waals surface area (Å²) in [6.45, 7) is 1.70. The van der Waals surface area contributed by atoms with E-state index in [-0.39, 0.29) is 28.7 Å². The van der Waals surface area contributed by atoms with E-state index in [1.807, 2.05) is 0 Å². The lowest BCUT2D eigenvalue weighted by molar-refractivity contribution is -0.138. The number of thioether (sulfide) groups is 1. The van der Waals surface area contributed by atoms with Crippen LogP contribution in [-0.2, 0) is 14.3 Å². The Morgan fingerprint density at radius 3 is 2.44 bits per heavy atom. The fourth-order valence-corrected chi connectivity index (χ4v) is 3.55. The number of ketones is 2. The van der Waals surface area contributed by atoms with Crippen molar-refractivity contribution in [1.29, 1.82) is 0 Å². The number of esters is 1. The van der Waals surface area contributed by atoms with Crippen molar-refractivity contribution in [2.75, 3.05) is 12.9 Å². The molecule has 25 heavy (non-hydrogen) atoms. The number of carbonyl (C=O) groups is 3. The summed E-state index contributed by atoms with van der Waals surface area (Å²) in [7, 11) is 0. The van der Waals surface area contributed by atoms with E-state index in [9.17, 15) is 14.4 Å². The highest BCUT2D eigenvalue weighted by molar-refractivity contribution is 7.98. The lowest BCUT2D eigenvalue weighted by atomic mass is 9.95. The molecule has 134 valence electrons. The zero-order valence-electron chi connectivity index (χ0n) is 13.7. The van der Waals surface area contributed by atoms with E-state index >= 15 is 0 Å². The number of hydrogen-bond acceptors (Lipinski definition) is 6. The molecule has 5 nitrogen and oxygen atoms in total. The van der Waals surface area contributed by atoms with Crippen LogP contribution in [0.2, 0.25) is 10.0 Å². The Hall–Kier alpha value is -1.50. The average Bonchev–Trinajstić information content (AvgIpc) is 3.42. The highest BCUT2D eigenvalue weighted by Crippen LogP contribution is 2.38. The maximum atomic E-state index is 13.0. The second-order valence-corrected chi connectivity index (χ2v) is 7.02. The zero-order chi connectivity index (χ0) is 18.7. The predicted octanol–water partition coefficient (Wildman–Crippen LogP) is 3.65. The molecule has 1 aromatic rings. The number of benzene rings is 1. The first-order chi connectivity index (χ1) is 11.8. The van der Waals surface area contributed by atoms with Crippen molar-refractivity contribution in [3.05, 3.63) is 39.0 Å². The third kappa shape index (κ3) is 4.19. The van der Waals surface area contributed by atoms with Gasteiger partial charge in [-0.25, -0.2) is 4.79 Å². The highest BCUT2D eigenvalue weighted by Gasteiger charge is 2.38. The van der Waals surface area contributed by atoms with Gasteiger partial charge in [-0.1, -0.05) is 23.2 Å². The van der Waals surface area contributed by atoms with Gasteiger partial charge >= 0.3 is 5.97 Å². The molecular weight excluding hydrogens is 385 g/mol. The molecule has 8 heteroatoms. The summed E-state index contributed by atoms with van der Waals surface area (Å²) >= 11 is 13.4. The molecule has 0 bridgehead atoms. The topological polar surface area (TPSA) is 86.5 Å². The molecule has 1 fully saturated rings. The van der Waals surface area contributed by atoms with Gasteiger partial charge in [0.05, 0.1) is 22.2 Å². The van der Waals surface area contributed by atoms with Crippen molar-refractivity contribution in [3.8, 4) is 0 Å². The fraction of sp³-hybridized carbons (Fsp3) is 0.353. The number of halogens is 2. The van der Waals surface area contributed by atoms with Crippen LogP contribution < -0.4 is 5.73 Å². The molecule has 0 radical (unpaired) electrons. The second kappa shape index (κ2) is 8.25. The summed E-state index contributed by atoms with van der Waals surface area (Å²) in [5.41, 5.74) is 5.18. The monoisotopic (exact) mass is 401 g/mol. The van der Waals surface area contributed by atoms with Crippen LogP contribution in [-0.4, -0.2) is 30.4 Å². The summed E-state index contributed by atoms with van der Waals surface area (Å²) in [5.74, 6) is -2.25. The maximum absolute atomic E-state index is 13.0. The van der Waals surface area contributed by atoms with E-state index in [1.54, 1.807) is 13.2 Å². The third-order valence-corrected chi connectivity index (χ3v) is 5.43. The number of Topliss-reactive ketones (excluding diaryl/α,β-unsaturated/α-hetero) is 2. The number of carbonyl (C=O) groups excluding carboxylic acids is 3. The molecule has 1 aliphatic rings. The van der Waals surface area contributed by atoms with Gasteiger partial charge in [0.2, 0.25) is 0 Å². The number of nitrogens with two attached hydrogens (primary N) is 1. The van der Waals surface area contributed by atoms with Crippen molar-refractivity contribution >= 4 is 52.5 Å². The summed E-state index contributed by atoms with van der Waals surface area (Å²) in [6, 6.07) is 2.94. The van der Waals surface area contributed by atoms with Gasteiger partial charge in [0, 0.05) is 16.4 Å². The molecule has 1 aliphatic carbocycles. The number of hydrogen-bond donors (Lipinski definition) is 1. The predicted molar refractivity (Wildman–Crippen MR) is 98.2 cm³/mol. The Labute approximate surface area is 159 Å². The van der Waals surface area contributed by atoms with Crippen molar-refractivity contribution in [2.45, 2.75) is 24.7 Å². The standard InChI is InChI=1S/C17H17Cl2NO4S/c1-3-24-17(23)13(20)11(14(21)8-4-5-8)15(22)9-6-7-10(18)12(19)16(9)25-2/h6-8H,3-5,20H2,1-2H3. The van der Waals surface area contributed by atoms with Crippen LogP contribution in [0.25, 0.3) is 0 Å². The molecule has 0 atom stereocenters. The summed E-state index contributed by atoms with van der Waals surface area (Å²) in [5, 5.41) is 0.507. The van der Waals surface area contributed by atoms with Crippen LogP contribution in [0.4, 0.5) is 0 Å². The van der Waals surface area contributed by atoms with Gasteiger partial charge < -0.3 is 10.5 Å². The minimum absolute atomic E-state index is 0.0848. The van der Waals surface area contributed by atoms with Gasteiger partial charge in [-0.05, 0) is 38.2 Å². The van der Waals surface area contributed by atoms with E-state index in [0.29, 0.717) is 22.8 Å². The molecule has 1 saturated carbocycles. The van der Waals surface area contributed by atoms with Crippen LogP contribution in [0, 0.1) is 5.92 Å². The van der Waals surface area contributed by atoms with Crippen molar-refractivity contribution in [1.82, 2.24) is 0 Å². The lowest BCUT2D eigenvalue weighted by Gasteiger charge is -2.13. The summed E-state index contributed by atoms with van der Waals surface area (Å²) in [4.78, 5) is 38.0. The molecule has 0 aliphatic heterocycles. The molecule has 0 amide bonds. The average molecular weight is 402 g/mol. The zero-order valence-corrected chi connectivity index (χ0v) is 16.1. The van der Waals surface area contributed by atoms with Gasteiger partial charge in [-0.15, -0.1) is 11.8 Å². The largest absolute Gasteiger partial charge is 0.461 e. The van der Waals surface area contributed by atoms with E-state index in [0.717, 1.165) is 0 Å². The highest BCUT2D eigenvalue weighted by atomic mass is 35.5. The number of rotatable bonds is 7. The minimum Gasteiger partial charge on any atom is -0.461 e. The van der Waals surface area contributed by atoms with Crippen LogP contribution in [0.5, 0.6) is 0 Å². The molecule has 2 rings (SSSR count). The first kappa shape index (κ1) is 19.8. The molecular formula is C17H17Cl2NO4S. The van der Waals surface area contributed by atoms with E-state index < -0.39 is 23.2 Å². The van der Waals surface area contributed by atoms with Crippen LogP contribution >= 0.6 is 35.0 Å². The molecule has 0 saturated heterocycles. The minimum atomic E-state index is -0.884. The molecule has 1 aromatic carbocycles. The quantitative estimate of drug-likeness (QED) is 0.187. The Bertz CT molecular complexity index is 772. The molecule has 0 spiro atoms. The normalized spacial score (nSPS) is 14.7. The molecule has 0 heterocycles. The first-order valence-corrected chi connectivity index (χ1v) is 9.59. The summed E-state index contributed by atoms with van der Waals surface area (Å²) < 4.78 is 4.84. The van der Waals surface area contributed by atoms with Crippen molar-refractivity contribution in [2.24, 2.45) is 11.7 Å². The van der Waals surface area contributed by atoms with Gasteiger partial charge in [0.15, 0.2) is 11.6 Å². The van der Waals surface area contributed by atoms with Gasteiger partial charge in [-0.2, -0.15) is 0 Å². The van der Waals surface area contributed by atoms with Gasteiger partial charge in [-0.3, -0.25) is 9.59 Å². The van der Waals surface area contributed by atoms with Crippen LogP contribution in [0.1, 0.15) is 30.1 Å². The van der Waals surface area contributed by atoms with Crippen LogP contribution in [0.3, 0.4) is 0 Å². The molecule has 0 aromatic heterocycles. The Balaban J connectivity index is 2.57. The van der Waals surface area contributed by atoms with E-state index in [1.165, 1.54) is 23.9 Å². The Morgan fingerprint density at radius 1 is 1.28 bits per heavy atom. The fourth-order valence-electron chi connectivity index (χ4n) is 2.27. The lowest BCUT2D eigenvalue weighted by Crippen LogP contribution is -2.26. The molecule has 0 unspecified atom stereocenters. The Kier molecular flexibility index (Phi) is 6.54. The van der Waals surface area contributed by atoms with Crippen molar-refractivity contribution < 1.29 is 19.1 Å². The second-order valence-electron chi connectivity index (χ2n) is 5.42. The van der Waals surface area contributed by atoms with Crippen LogP contribution in [0.15, 0.2) is 28.3 Å². The van der Waals surface area contributed by atoms with Gasteiger partial charge in [0.1, 0.15) is 5.70 Å². The Morgan fingerprint density at radius 2 is 1.92 bits per heavy atom. The number of allylic oxidation sites excluding steroid dienone is 1. The summed E-state index contributed by atoms with van der Waals surface area (Å²) in [6.07, 6.45) is 3.07. The SMILES string of the molecule is CCOC(=O)C(N)=C(C(=O)c1ccc(Cl)c(Cl)c1SC)C(=O)C1CC1. The van der Waals surface area contributed by atoms with Crippen molar-refractivity contribution in [3.63, 3.8) is 0 Å². The smallest absolute Gasteiger partial charge is 0.355 e. The van der Waals surface area contributed by atoms with E-state index in [4.69, 9.17) is 33.7 Å². The first-order valence-electron chi connectivity index (χ1n) is 7.61. The van der Waals surface area contributed by atoms with E-state index in [2.05, 4.69) is 0 Å². The maximum Gasteiger partial charge on any atom is 0.355 e. The van der Waals surface area contributed by atoms with Gasteiger partial charge in [0.25, 0.3) is 0 Å².